The van der Waals surface area contributed by atoms with Crippen molar-refractivity contribution in [3.8, 4) is 5.75 Å². The van der Waals surface area contributed by atoms with Crippen LogP contribution in [0.15, 0.2) is 42.5 Å². The molecule has 0 aliphatic carbocycles. The molecule has 0 aliphatic heterocycles. The fourth-order valence-corrected chi connectivity index (χ4v) is 1.74. The van der Waals surface area contributed by atoms with E-state index < -0.39 is 5.82 Å². The smallest absolute Gasteiger partial charge is 0.255 e. The molecule has 0 unspecified atom stereocenters. The summed E-state index contributed by atoms with van der Waals surface area (Å²) in [7, 11) is 3.19. The first-order valence-corrected chi connectivity index (χ1v) is 6.06. The standard InChI is InChI=1S/C15H15FN2O2/c1-17-11-5-3-10(4-6-11)15(19)18-12-7-8-14(20-2)13(16)9-12/h3-9,17H,1-2H3,(H,18,19). The number of methoxy groups -OCH3 is 1. The van der Waals surface area contributed by atoms with Crippen LogP contribution in [0.3, 0.4) is 0 Å². The van der Waals surface area contributed by atoms with Crippen molar-refractivity contribution in [2.75, 3.05) is 24.8 Å². The summed E-state index contributed by atoms with van der Waals surface area (Å²) in [6.07, 6.45) is 0. The maximum Gasteiger partial charge on any atom is 0.255 e. The van der Waals surface area contributed by atoms with Gasteiger partial charge in [-0.2, -0.15) is 0 Å². The zero-order valence-corrected chi connectivity index (χ0v) is 11.2. The number of carbonyl (C=O) groups is 1. The van der Waals surface area contributed by atoms with Crippen LogP contribution in [-0.4, -0.2) is 20.1 Å². The zero-order chi connectivity index (χ0) is 14.5. The molecule has 0 bridgehead atoms. The first-order chi connectivity index (χ1) is 9.63. The van der Waals surface area contributed by atoms with Crippen molar-refractivity contribution in [2.24, 2.45) is 0 Å². The lowest BCUT2D eigenvalue weighted by Crippen LogP contribution is -2.12. The fourth-order valence-electron chi connectivity index (χ4n) is 1.74. The van der Waals surface area contributed by atoms with E-state index in [0.717, 1.165) is 5.69 Å². The molecule has 2 aromatic carbocycles. The molecule has 0 aliphatic rings. The summed E-state index contributed by atoms with van der Waals surface area (Å²) in [5.74, 6) is -0.672. The van der Waals surface area contributed by atoms with E-state index in [-0.39, 0.29) is 11.7 Å². The van der Waals surface area contributed by atoms with E-state index in [1.165, 1.54) is 19.2 Å². The largest absolute Gasteiger partial charge is 0.494 e. The predicted molar refractivity (Wildman–Crippen MR) is 76.9 cm³/mol. The number of halogens is 1. The summed E-state index contributed by atoms with van der Waals surface area (Å²) < 4.78 is 18.3. The second-order valence-corrected chi connectivity index (χ2v) is 4.13. The number of benzene rings is 2. The first-order valence-electron chi connectivity index (χ1n) is 6.06. The van der Waals surface area contributed by atoms with Crippen LogP contribution in [0, 0.1) is 5.82 Å². The molecule has 0 aromatic heterocycles. The number of nitrogens with one attached hydrogen (secondary N) is 2. The van der Waals surface area contributed by atoms with Crippen LogP contribution in [0.4, 0.5) is 15.8 Å². The maximum absolute atomic E-state index is 13.5. The first kappa shape index (κ1) is 13.9. The zero-order valence-electron chi connectivity index (χ0n) is 11.2. The van der Waals surface area contributed by atoms with Gasteiger partial charge in [0.1, 0.15) is 0 Å². The van der Waals surface area contributed by atoms with Gasteiger partial charge in [-0.1, -0.05) is 0 Å². The molecule has 0 atom stereocenters. The van der Waals surface area contributed by atoms with Crippen molar-refractivity contribution in [1.82, 2.24) is 0 Å². The van der Waals surface area contributed by atoms with Gasteiger partial charge in [0.25, 0.3) is 5.91 Å². The molecule has 104 valence electrons. The Morgan fingerprint density at radius 3 is 2.30 bits per heavy atom. The Balaban J connectivity index is 2.12. The van der Waals surface area contributed by atoms with Gasteiger partial charge >= 0.3 is 0 Å². The SMILES string of the molecule is CNc1ccc(C(=O)Nc2ccc(OC)c(F)c2)cc1. The minimum atomic E-state index is -0.518. The molecule has 5 heteroatoms. The van der Waals surface area contributed by atoms with Crippen LogP contribution >= 0.6 is 0 Å². The Morgan fingerprint density at radius 2 is 1.75 bits per heavy atom. The van der Waals surface area contributed by atoms with Crippen molar-refractivity contribution >= 4 is 17.3 Å². The highest BCUT2D eigenvalue weighted by molar-refractivity contribution is 6.04. The van der Waals surface area contributed by atoms with Crippen LogP contribution in [0.2, 0.25) is 0 Å². The molecule has 0 spiro atoms. The topological polar surface area (TPSA) is 50.4 Å². The van der Waals surface area contributed by atoms with Crippen molar-refractivity contribution in [3.05, 3.63) is 53.8 Å². The Kier molecular flexibility index (Phi) is 4.20. The molecule has 0 radical (unpaired) electrons. The number of amides is 1. The lowest BCUT2D eigenvalue weighted by atomic mass is 10.2. The van der Waals surface area contributed by atoms with Crippen LogP contribution in [-0.2, 0) is 0 Å². The van der Waals surface area contributed by atoms with E-state index in [1.54, 1.807) is 37.4 Å². The minimum absolute atomic E-state index is 0.140. The van der Waals surface area contributed by atoms with Gasteiger partial charge in [0, 0.05) is 30.1 Å². The van der Waals surface area contributed by atoms with E-state index in [1.807, 2.05) is 0 Å². The van der Waals surface area contributed by atoms with Gasteiger partial charge in [-0.05, 0) is 36.4 Å². The molecular weight excluding hydrogens is 259 g/mol. The molecule has 2 rings (SSSR count). The van der Waals surface area contributed by atoms with Crippen molar-refractivity contribution < 1.29 is 13.9 Å². The quantitative estimate of drug-likeness (QED) is 0.900. The van der Waals surface area contributed by atoms with E-state index in [4.69, 9.17) is 4.74 Å². The molecule has 20 heavy (non-hydrogen) atoms. The number of rotatable bonds is 4. The third-order valence-corrected chi connectivity index (χ3v) is 2.85. The Morgan fingerprint density at radius 1 is 1.10 bits per heavy atom. The van der Waals surface area contributed by atoms with Crippen LogP contribution < -0.4 is 15.4 Å². The molecule has 2 aromatic rings. The summed E-state index contributed by atoms with van der Waals surface area (Å²) in [5.41, 5.74) is 1.79. The second-order valence-electron chi connectivity index (χ2n) is 4.13. The lowest BCUT2D eigenvalue weighted by molar-refractivity contribution is 0.102. The normalized spacial score (nSPS) is 9.95. The van der Waals surface area contributed by atoms with E-state index in [0.29, 0.717) is 11.3 Å². The Bertz CT molecular complexity index is 612. The molecule has 0 saturated carbocycles. The summed E-state index contributed by atoms with van der Waals surface area (Å²) >= 11 is 0. The minimum Gasteiger partial charge on any atom is -0.494 e. The number of hydrogen-bond donors (Lipinski definition) is 2. The maximum atomic E-state index is 13.5. The van der Waals surface area contributed by atoms with Gasteiger partial charge in [0.2, 0.25) is 0 Å². The Labute approximate surface area is 116 Å². The second kappa shape index (κ2) is 6.06. The monoisotopic (exact) mass is 274 g/mol. The highest BCUT2D eigenvalue weighted by atomic mass is 19.1. The molecule has 2 N–H and O–H groups in total. The summed E-state index contributed by atoms with van der Waals surface area (Å²) in [6.45, 7) is 0. The number of hydrogen-bond acceptors (Lipinski definition) is 3. The Hall–Kier alpha value is -2.56. The summed E-state index contributed by atoms with van der Waals surface area (Å²) in [4.78, 5) is 12.0. The number of anilines is 2. The van der Waals surface area contributed by atoms with Gasteiger partial charge in [-0.15, -0.1) is 0 Å². The van der Waals surface area contributed by atoms with E-state index in [2.05, 4.69) is 10.6 Å². The summed E-state index contributed by atoms with van der Waals surface area (Å²) in [5, 5.41) is 5.60. The fraction of sp³-hybridized carbons (Fsp3) is 0.133. The van der Waals surface area contributed by atoms with Crippen molar-refractivity contribution in [2.45, 2.75) is 0 Å². The van der Waals surface area contributed by atoms with Crippen molar-refractivity contribution in [1.29, 1.82) is 0 Å². The van der Waals surface area contributed by atoms with Crippen LogP contribution in [0.5, 0.6) is 5.75 Å². The van der Waals surface area contributed by atoms with Crippen molar-refractivity contribution in [3.63, 3.8) is 0 Å². The number of ether oxygens (including phenoxy) is 1. The van der Waals surface area contributed by atoms with E-state index >= 15 is 0 Å². The summed E-state index contributed by atoms with van der Waals surface area (Å²) in [6, 6.07) is 11.3. The molecule has 0 saturated heterocycles. The third-order valence-electron chi connectivity index (χ3n) is 2.85. The van der Waals surface area contributed by atoms with Crippen LogP contribution in [0.1, 0.15) is 10.4 Å². The van der Waals surface area contributed by atoms with Gasteiger partial charge in [0.15, 0.2) is 11.6 Å². The van der Waals surface area contributed by atoms with Gasteiger partial charge < -0.3 is 15.4 Å². The molecule has 0 fully saturated rings. The molecular formula is C15H15FN2O2. The molecule has 4 nitrogen and oxygen atoms in total. The van der Waals surface area contributed by atoms with Crippen LogP contribution in [0.25, 0.3) is 0 Å². The molecule has 1 amide bonds. The van der Waals surface area contributed by atoms with Gasteiger partial charge in [-0.3, -0.25) is 4.79 Å². The van der Waals surface area contributed by atoms with Gasteiger partial charge in [0.05, 0.1) is 7.11 Å². The highest BCUT2D eigenvalue weighted by Gasteiger charge is 2.08. The average Bonchev–Trinajstić information content (AvgIpc) is 2.47. The van der Waals surface area contributed by atoms with Gasteiger partial charge in [-0.25, -0.2) is 4.39 Å². The number of carbonyl (C=O) groups excluding carboxylic acids is 1. The average molecular weight is 274 g/mol. The van der Waals surface area contributed by atoms with E-state index in [9.17, 15) is 9.18 Å². The highest BCUT2D eigenvalue weighted by Crippen LogP contribution is 2.21. The molecule has 0 heterocycles. The third kappa shape index (κ3) is 3.06. The lowest BCUT2D eigenvalue weighted by Gasteiger charge is -2.08. The predicted octanol–water partition coefficient (Wildman–Crippen LogP) is 3.13.